The zero-order valence-corrected chi connectivity index (χ0v) is 11.9. The van der Waals surface area contributed by atoms with Gasteiger partial charge in [0.05, 0.1) is 13.2 Å². The molecule has 0 saturated carbocycles. The van der Waals surface area contributed by atoms with Crippen molar-refractivity contribution in [3.05, 3.63) is 12.2 Å². The fourth-order valence-corrected chi connectivity index (χ4v) is 1.67. The van der Waals surface area contributed by atoms with Crippen molar-refractivity contribution in [3.63, 3.8) is 0 Å². The lowest BCUT2D eigenvalue weighted by Crippen LogP contribution is -2.08. The average molecular weight is 246 g/mol. The van der Waals surface area contributed by atoms with Gasteiger partial charge in [-0.1, -0.05) is 32.4 Å². The Labute approximate surface area is 103 Å². The van der Waals surface area contributed by atoms with E-state index in [1.807, 2.05) is 0 Å². The number of hydrogen-bond donors (Lipinski definition) is 0. The first kappa shape index (κ1) is 16.1. The van der Waals surface area contributed by atoms with Crippen molar-refractivity contribution in [2.24, 2.45) is 5.92 Å². The van der Waals surface area contributed by atoms with Gasteiger partial charge >= 0.3 is 0 Å². The van der Waals surface area contributed by atoms with Crippen LogP contribution in [0.3, 0.4) is 0 Å². The molecule has 0 N–H and O–H groups in total. The van der Waals surface area contributed by atoms with E-state index >= 15 is 0 Å². The fourth-order valence-electron chi connectivity index (χ4n) is 1.50. The van der Waals surface area contributed by atoms with Crippen LogP contribution in [0.2, 0.25) is 0 Å². The minimum absolute atomic E-state index is 0.554. The van der Waals surface area contributed by atoms with E-state index in [9.17, 15) is 0 Å². The van der Waals surface area contributed by atoms with Crippen LogP contribution in [-0.4, -0.2) is 19.8 Å². The molecule has 0 heterocycles. The monoisotopic (exact) mass is 246 g/mol. The van der Waals surface area contributed by atoms with Gasteiger partial charge in [-0.05, 0) is 25.7 Å². The zero-order chi connectivity index (χ0) is 12.1. The lowest BCUT2D eigenvalue weighted by molar-refractivity contribution is 0.109. The summed E-state index contributed by atoms with van der Waals surface area (Å²) in [6.45, 7) is 6.89. The molecule has 3 heteroatoms. The molecule has 0 aliphatic carbocycles. The topological polar surface area (TPSA) is 18.5 Å². The van der Waals surface area contributed by atoms with Crippen LogP contribution in [0.1, 0.15) is 46.0 Å². The molecule has 0 saturated heterocycles. The molecule has 0 fully saturated rings. The highest BCUT2D eigenvalue weighted by atomic mass is 31.0. The van der Waals surface area contributed by atoms with E-state index in [1.54, 1.807) is 0 Å². The molecule has 96 valence electrons. The molecule has 0 aromatic carbocycles. The average Bonchev–Trinajstić information content (AvgIpc) is 2.29. The largest absolute Gasteiger partial charge is 0.381 e. The molecule has 0 radical (unpaired) electrons. The van der Waals surface area contributed by atoms with E-state index in [1.165, 1.54) is 12.8 Å². The second-order valence-corrected chi connectivity index (χ2v) is 4.40. The Balaban J connectivity index is 3.75. The Kier molecular flexibility index (Phi) is 13.2. The second kappa shape index (κ2) is 13.2. The first-order chi connectivity index (χ1) is 7.85. The third-order valence-electron chi connectivity index (χ3n) is 2.38. The summed E-state index contributed by atoms with van der Waals surface area (Å²) >= 11 is 0. The number of unbranched alkanes of at least 4 members (excludes halogenated alkanes) is 1. The van der Waals surface area contributed by atoms with Crippen molar-refractivity contribution in [1.29, 1.82) is 0 Å². The number of allylic oxidation sites excluding steroid dienone is 1. The van der Waals surface area contributed by atoms with Crippen LogP contribution in [0.4, 0.5) is 0 Å². The van der Waals surface area contributed by atoms with E-state index in [0.717, 1.165) is 39.1 Å². The summed E-state index contributed by atoms with van der Waals surface area (Å²) < 4.78 is 10.6. The van der Waals surface area contributed by atoms with Crippen molar-refractivity contribution in [2.45, 2.75) is 46.0 Å². The van der Waals surface area contributed by atoms with E-state index in [2.05, 4.69) is 35.5 Å². The van der Waals surface area contributed by atoms with Crippen molar-refractivity contribution in [1.82, 2.24) is 0 Å². The van der Waals surface area contributed by atoms with Gasteiger partial charge in [-0.15, -0.1) is 0 Å². The minimum atomic E-state index is 0.554. The van der Waals surface area contributed by atoms with Crippen LogP contribution in [0.15, 0.2) is 12.2 Å². The maximum atomic E-state index is 5.61. The normalized spacial score (nSPS) is 13.4. The minimum Gasteiger partial charge on any atom is -0.381 e. The summed E-state index contributed by atoms with van der Waals surface area (Å²) in [6.07, 6.45) is 10.3. The van der Waals surface area contributed by atoms with E-state index in [-0.39, 0.29) is 0 Å². The lowest BCUT2D eigenvalue weighted by Gasteiger charge is -2.12. The molecule has 0 aliphatic heterocycles. The second-order valence-electron chi connectivity index (χ2n) is 4.06. The molecule has 2 nitrogen and oxygen atoms in total. The molecule has 0 spiro atoms. The third kappa shape index (κ3) is 10.6. The highest BCUT2D eigenvalue weighted by Gasteiger charge is 2.04. The maximum absolute atomic E-state index is 5.61. The Hall–Kier alpha value is 0.0900. The highest BCUT2D eigenvalue weighted by molar-refractivity contribution is 7.09. The molecule has 0 aliphatic rings. The molecular weight excluding hydrogens is 219 g/mol. The summed E-state index contributed by atoms with van der Waals surface area (Å²) in [6, 6.07) is 0. The van der Waals surface area contributed by atoms with E-state index < -0.39 is 0 Å². The van der Waals surface area contributed by atoms with Gasteiger partial charge in [0.25, 0.3) is 0 Å². The predicted octanol–water partition coefficient (Wildman–Crippen LogP) is 3.97. The first-order valence-corrected chi connectivity index (χ1v) is 6.88. The third-order valence-corrected chi connectivity index (χ3v) is 2.62. The van der Waals surface area contributed by atoms with E-state index in [4.69, 9.17) is 9.26 Å². The molecule has 16 heavy (non-hydrogen) atoms. The lowest BCUT2D eigenvalue weighted by atomic mass is 10.0. The van der Waals surface area contributed by atoms with Crippen molar-refractivity contribution >= 4 is 9.47 Å². The van der Waals surface area contributed by atoms with Gasteiger partial charge in [-0.25, -0.2) is 0 Å². The van der Waals surface area contributed by atoms with Crippen molar-refractivity contribution < 1.29 is 9.26 Å². The van der Waals surface area contributed by atoms with Crippen LogP contribution < -0.4 is 0 Å². The standard InChI is InChI=1S/C13H27O2P/c1-3-5-6-8-13(9-7-11-15-16)12-14-10-4-2/h6,8,13H,3-5,7,9-12,16H2,1-2H3. The van der Waals surface area contributed by atoms with Gasteiger partial charge in [0.1, 0.15) is 0 Å². The van der Waals surface area contributed by atoms with Gasteiger partial charge in [0.15, 0.2) is 0 Å². The molecule has 0 bridgehead atoms. The Bertz CT molecular complexity index is 150. The fraction of sp³-hybridized carbons (Fsp3) is 0.846. The molecule has 0 aromatic heterocycles. The number of rotatable bonds is 11. The highest BCUT2D eigenvalue weighted by Crippen LogP contribution is 2.11. The summed E-state index contributed by atoms with van der Waals surface area (Å²) in [4.78, 5) is 0. The van der Waals surface area contributed by atoms with Crippen molar-refractivity contribution in [3.8, 4) is 0 Å². The molecule has 2 unspecified atom stereocenters. The Morgan fingerprint density at radius 2 is 2.00 bits per heavy atom. The summed E-state index contributed by atoms with van der Waals surface area (Å²) in [5.74, 6) is 0.554. The Morgan fingerprint density at radius 3 is 2.62 bits per heavy atom. The Morgan fingerprint density at radius 1 is 1.19 bits per heavy atom. The smallest absolute Gasteiger partial charge is 0.0528 e. The zero-order valence-electron chi connectivity index (χ0n) is 10.8. The maximum Gasteiger partial charge on any atom is 0.0528 e. The van der Waals surface area contributed by atoms with Crippen LogP contribution in [0.25, 0.3) is 0 Å². The molecule has 0 amide bonds. The summed E-state index contributed by atoms with van der Waals surface area (Å²) in [5.41, 5.74) is 0. The summed E-state index contributed by atoms with van der Waals surface area (Å²) in [7, 11) is 2.30. The first-order valence-electron chi connectivity index (χ1n) is 6.41. The van der Waals surface area contributed by atoms with Crippen LogP contribution in [0, 0.1) is 5.92 Å². The molecule has 0 aromatic rings. The molecule has 2 atom stereocenters. The number of ether oxygens (including phenoxy) is 1. The van der Waals surface area contributed by atoms with Crippen molar-refractivity contribution in [2.75, 3.05) is 19.8 Å². The van der Waals surface area contributed by atoms with Gasteiger partial charge < -0.3 is 9.26 Å². The van der Waals surface area contributed by atoms with Gasteiger partial charge in [-0.3, -0.25) is 0 Å². The van der Waals surface area contributed by atoms with Crippen LogP contribution >= 0.6 is 9.47 Å². The van der Waals surface area contributed by atoms with Gasteiger partial charge in [0, 0.05) is 22.0 Å². The summed E-state index contributed by atoms with van der Waals surface area (Å²) in [5, 5.41) is 0. The molecular formula is C13H27O2P. The quantitative estimate of drug-likeness (QED) is 0.312. The van der Waals surface area contributed by atoms with Crippen LogP contribution in [0.5, 0.6) is 0 Å². The van der Waals surface area contributed by atoms with Crippen LogP contribution in [-0.2, 0) is 9.26 Å². The number of hydrogen-bond acceptors (Lipinski definition) is 2. The SMILES string of the molecule is CCCC=CC(CCCOP)COCCC. The molecule has 0 rings (SSSR count). The predicted molar refractivity (Wildman–Crippen MR) is 73.5 cm³/mol. The van der Waals surface area contributed by atoms with E-state index in [0.29, 0.717) is 5.92 Å². The van der Waals surface area contributed by atoms with Gasteiger partial charge in [-0.2, -0.15) is 0 Å². The van der Waals surface area contributed by atoms with Gasteiger partial charge in [0.2, 0.25) is 0 Å².